The van der Waals surface area contributed by atoms with Crippen molar-refractivity contribution in [3.63, 3.8) is 0 Å². The molecule has 0 aliphatic carbocycles. The third-order valence-corrected chi connectivity index (χ3v) is 3.64. The molecule has 0 unspecified atom stereocenters. The second kappa shape index (κ2) is 8.24. The maximum Gasteiger partial charge on any atom is 0.335 e. The molecule has 5 nitrogen and oxygen atoms in total. The monoisotopic (exact) mass is 330 g/mol. The van der Waals surface area contributed by atoms with Gasteiger partial charge in [0.25, 0.3) is 0 Å². The van der Waals surface area contributed by atoms with Crippen LogP contribution in [0.1, 0.15) is 28.4 Å². The summed E-state index contributed by atoms with van der Waals surface area (Å²) in [4.78, 5) is 11.0. The molecule has 0 saturated heterocycles. The second-order valence-electron chi connectivity index (χ2n) is 5.29. The number of aryl methyl sites for hydroxylation is 1. The van der Waals surface area contributed by atoms with Crippen LogP contribution in [0.2, 0.25) is 0 Å². The molecule has 0 saturated carbocycles. The maximum atomic E-state index is 11.0. The lowest BCUT2D eigenvalue weighted by molar-refractivity contribution is 0.0696. The Balaban J connectivity index is 1.96. The van der Waals surface area contributed by atoms with Gasteiger partial charge in [-0.3, -0.25) is 0 Å². The Bertz CT molecular complexity index is 709. The molecule has 2 aromatic rings. The van der Waals surface area contributed by atoms with E-state index in [1.165, 1.54) is 17.7 Å². The van der Waals surface area contributed by atoms with E-state index in [4.69, 9.17) is 19.3 Å². The molecule has 2 aromatic carbocycles. The number of benzene rings is 2. The topological polar surface area (TPSA) is 65.0 Å². The number of hydrogen-bond donors (Lipinski definition) is 1. The first-order valence-corrected chi connectivity index (χ1v) is 7.85. The van der Waals surface area contributed by atoms with E-state index in [2.05, 4.69) is 0 Å². The number of carboxylic acids is 1. The summed E-state index contributed by atoms with van der Waals surface area (Å²) >= 11 is 0. The van der Waals surface area contributed by atoms with Crippen molar-refractivity contribution in [2.75, 3.05) is 19.8 Å². The van der Waals surface area contributed by atoms with Gasteiger partial charge >= 0.3 is 5.97 Å². The average Bonchev–Trinajstić information content (AvgIpc) is 2.56. The highest BCUT2D eigenvalue weighted by atomic mass is 16.5. The van der Waals surface area contributed by atoms with E-state index in [1.807, 2.05) is 39.0 Å². The van der Waals surface area contributed by atoms with Crippen LogP contribution in [0.25, 0.3) is 0 Å². The van der Waals surface area contributed by atoms with Gasteiger partial charge < -0.3 is 19.3 Å². The van der Waals surface area contributed by atoms with Crippen LogP contribution < -0.4 is 14.2 Å². The fraction of sp³-hybridized carbons (Fsp3) is 0.316. The van der Waals surface area contributed by atoms with Gasteiger partial charge in [-0.25, -0.2) is 4.79 Å². The summed E-state index contributed by atoms with van der Waals surface area (Å²) in [5.74, 6) is 0.765. The minimum atomic E-state index is -0.999. The van der Waals surface area contributed by atoms with Crippen molar-refractivity contribution in [1.82, 2.24) is 0 Å². The van der Waals surface area contributed by atoms with Gasteiger partial charge in [0.2, 0.25) is 0 Å². The molecule has 2 rings (SSSR count). The molecular formula is C19H22O5. The number of rotatable bonds is 8. The molecule has 0 heterocycles. The van der Waals surface area contributed by atoms with Gasteiger partial charge in [0.05, 0.1) is 12.2 Å². The zero-order valence-corrected chi connectivity index (χ0v) is 14.2. The number of ether oxygens (including phenoxy) is 3. The van der Waals surface area contributed by atoms with Crippen LogP contribution in [0, 0.1) is 13.8 Å². The van der Waals surface area contributed by atoms with Gasteiger partial charge in [0.15, 0.2) is 11.5 Å². The van der Waals surface area contributed by atoms with Gasteiger partial charge in [-0.15, -0.1) is 0 Å². The lowest BCUT2D eigenvalue weighted by Gasteiger charge is -2.14. The van der Waals surface area contributed by atoms with Crippen LogP contribution in [0.4, 0.5) is 0 Å². The quantitative estimate of drug-likeness (QED) is 0.745. The highest BCUT2D eigenvalue weighted by Gasteiger charge is 2.10. The zero-order chi connectivity index (χ0) is 17.5. The Hall–Kier alpha value is -2.69. The molecule has 0 amide bonds. The SMILES string of the molecule is CCOc1cc(C(=O)O)ccc1OCCOc1cccc(C)c1C. The average molecular weight is 330 g/mol. The summed E-state index contributed by atoms with van der Waals surface area (Å²) in [5.41, 5.74) is 2.45. The molecule has 0 radical (unpaired) electrons. The lowest BCUT2D eigenvalue weighted by atomic mass is 10.1. The number of carboxylic acid groups (broad SMARTS) is 1. The first-order chi connectivity index (χ1) is 11.5. The van der Waals surface area contributed by atoms with Crippen molar-refractivity contribution in [2.45, 2.75) is 20.8 Å². The second-order valence-corrected chi connectivity index (χ2v) is 5.29. The molecule has 0 bridgehead atoms. The van der Waals surface area contributed by atoms with Crippen molar-refractivity contribution in [3.8, 4) is 17.2 Å². The third kappa shape index (κ3) is 4.41. The molecule has 0 aromatic heterocycles. The van der Waals surface area contributed by atoms with Crippen LogP contribution in [0.5, 0.6) is 17.2 Å². The summed E-state index contributed by atoms with van der Waals surface area (Å²) < 4.78 is 16.9. The molecule has 0 aliphatic heterocycles. The highest BCUT2D eigenvalue weighted by molar-refractivity contribution is 5.88. The van der Waals surface area contributed by atoms with E-state index < -0.39 is 5.97 Å². The maximum absolute atomic E-state index is 11.0. The van der Waals surface area contributed by atoms with Crippen molar-refractivity contribution < 1.29 is 24.1 Å². The smallest absolute Gasteiger partial charge is 0.335 e. The summed E-state index contributed by atoms with van der Waals surface area (Å²) in [6.07, 6.45) is 0. The first kappa shape index (κ1) is 17.7. The Kier molecular flexibility index (Phi) is 6.07. The van der Waals surface area contributed by atoms with Gasteiger partial charge in [-0.05, 0) is 56.2 Å². The molecular weight excluding hydrogens is 308 g/mol. The van der Waals surface area contributed by atoms with E-state index in [0.717, 1.165) is 11.3 Å². The van der Waals surface area contributed by atoms with Gasteiger partial charge in [0.1, 0.15) is 19.0 Å². The standard InChI is InChI=1S/C19H22O5/c1-4-22-18-12-15(19(20)21)8-9-17(18)24-11-10-23-16-7-5-6-13(2)14(16)3/h5-9,12H,4,10-11H2,1-3H3,(H,20,21). The van der Waals surface area contributed by atoms with E-state index in [9.17, 15) is 4.79 Å². The number of carbonyl (C=O) groups is 1. The predicted octanol–water partition coefficient (Wildman–Crippen LogP) is 3.86. The summed E-state index contributed by atoms with van der Waals surface area (Å²) in [7, 11) is 0. The van der Waals surface area contributed by atoms with E-state index in [1.54, 1.807) is 6.07 Å². The van der Waals surface area contributed by atoms with E-state index >= 15 is 0 Å². The zero-order valence-electron chi connectivity index (χ0n) is 14.2. The molecule has 1 N–H and O–H groups in total. The van der Waals surface area contributed by atoms with E-state index in [-0.39, 0.29) is 5.56 Å². The summed E-state index contributed by atoms with van der Waals surface area (Å²) in [6.45, 7) is 7.04. The van der Waals surface area contributed by atoms with Gasteiger partial charge in [-0.1, -0.05) is 12.1 Å². The Morgan fingerprint density at radius 1 is 0.958 bits per heavy atom. The summed E-state index contributed by atoms with van der Waals surface area (Å²) in [6, 6.07) is 10.5. The fourth-order valence-electron chi connectivity index (χ4n) is 2.21. The van der Waals surface area contributed by atoms with Crippen LogP contribution in [0.15, 0.2) is 36.4 Å². The highest BCUT2D eigenvalue weighted by Crippen LogP contribution is 2.28. The molecule has 0 aliphatic rings. The largest absolute Gasteiger partial charge is 0.490 e. The number of aromatic carboxylic acids is 1. The Labute approximate surface area is 141 Å². The third-order valence-electron chi connectivity index (χ3n) is 3.64. The van der Waals surface area contributed by atoms with Crippen LogP contribution >= 0.6 is 0 Å². The minimum Gasteiger partial charge on any atom is -0.490 e. The van der Waals surface area contributed by atoms with Crippen LogP contribution in [0.3, 0.4) is 0 Å². The molecule has 0 spiro atoms. The molecule has 24 heavy (non-hydrogen) atoms. The number of hydrogen-bond acceptors (Lipinski definition) is 4. The minimum absolute atomic E-state index is 0.164. The molecule has 128 valence electrons. The molecule has 0 fully saturated rings. The van der Waals surface area contributed by atoms with Gasteiger partial charge in [-0.2, -0.15) is 0 Å². The molecule has 5 heteroatoms. The lowest BCUT2D eigenvalue weighted by Crippen LogP contribution is -2.11. The first-order valence-electron chi connectivity index (χ1n) is 7.85. The van der Waals surface area contributed by atoms with Crippen molar-refractivity contribution in [3.05, 3.63) is 53.1 Å². The predicted molar refractivity (Wildman–Crippen MR) is 91.5 cm³/mol. The summed E-state index contributed by atoms with van der Waals surface area (Å²) in [5, 5.41) is 9.04. The van der Waals surface area contributed by atoms with E-state index in [0.29, 0.717) is 31.3 Å². The van der Waals surface area contributed by atoms with Gasteiger partial charge in [0, 0.05) is 0 Å². The van der Waals surface area contributed by atoms with Crippen LogP contribution in [-0.4, -0.2) is 30.9 Å². The Morgan fingerprint density at radius 3 is 2.33 bits per heavy atom. The Morgan fingerprint density at radius 2 is 1.67 bits per heavy atom. The molecule has 0 atom stereocenters. The van der Waals surface area contributed by atoms with Crippen LogP contribution in [-0.2, 0) is 0 Å². The normalized spacial score (nSPS) is 10.3. The van der Waals surface area contributed by atoms with Crippen molar-refractivity contribution in [2.24, 2.45) is 0 Å². The van der Waals surface area contributed by atoms with Crippen molar-refractivity contribution >= 4 is 5.97 Å². The van der Waals surface area contributed by atoms with Crippen molar-refractivity contribution in [1.29, 1.82) is 0 Å². The fourth-order valence-corrected chi connectivity index (χ4v) is 2.21.